The Morgan fingerprint density at radius 3 is 2.61 bits per heavy atom. The third-order valence-corrected chi connectivity index (χ3v) is 4.89. The number of fused-ring (bicyclic) bond motifs is 3. The third-order valence-electron chi connectivity index (χ3n) is 4.89. The molecule has 0 spiro atoms. The molecule has 1 saturated heterocycles. The molecular formula is C17H18N2O4. The van der Waals surface area contributed by atoms with E-state index in [4.69, 9.17) is 9.47 Å². The van der Waals surface area contributed by atoms with E-state index in [-0.39, 0.29) is 0 Å². The zero-order valence-electron chi connectivity index (χ0n) is 13.5. The van der Waals surface area contributed by atoms with Crippen LogP contribution in [0.15, 0.2) is 24.3 Å². The van der Waals surface area contributed by atoms with Gasteiger partial charge in [-0.15, -0.1) is 0 Å². The molecule has 2 aliphatic rings. The number of nitrogens with zero attached hydrogens (tertiary/aromatic N) is 2. The number of amides is 1. The maximum absolute atomic E-state index is 12.3. The predicted octanol–water partition coefficient (Wildman–Crippen LogP) is 2.58. The number of hydrogen-bond donors (Lipinski definition) is 0. The number of esters is 1. The molecule has 2 aliphatic heterocycles. The van der Waals surface area contributed by atoms with Crippen LogP contribution in [-0.2, 0) is 19.7 Å². The Morgan fingerprint density at radius 1 is 1.39 bits per heavy atom. The van der Waals surface area contributed by atoms with Crippen LogP contribution in [0.2, 0.25) is 0 Å². The van der Waals surface area contributed by atoms with E-state index in [9.17, 15) is 14.9 Å². The fraction of sp³-hybridized carbons (Fsp3) is 0.471. The highest BCUT2D eigenvalue weighted by molar-refractivity contribution is 5.96. The molecule has 0 saturated carbocycles. The molecule has 1 fully saturated rings. The molecule has 2 heterocycles. The topological polar surface area (TPSA) is 79.6 Å². The first-order valence-corrected chi connectivity index (χ1v) is 7.37. The molecule has 6 heteroatoms. The molecule has 3 rings (SSSR count). The Bertz CT molecular complexity index is 731. The van der Waals surface area contributed by atoms with Crippen molar-refractivity contribution in [2.75, 3.05) is 12.0 Å². The molecule has 3 atom stereocenters. The maximum atomic E-state index is 12.3. The minimum Gasteiger partial charge on any atom is -0.452 e. The molecule has 3 unspecified atom stereocenters. The van der Waals surface area contributed by atoms with Crippen LogP contribution in [0.5, 0.6) is 0 Å². The lowest BCUT2D eigenvalue weighted by molar-refractivity contribution is -0.142. The summed E-state index contributed by atoms with van der Waals surface area (Å²) < 4.78 is 10.4. The van der Waals surface area contributed by atoms with Gasteiger partial charge in [-0.2, -0.15) is 5.26 Å². The van der Waals surface area contributed by atoms with Gasteiger partial charge >= 0.3 is 12.1 Å². The molecule has 1 amide bonds. The second-order valence-corrected chi connectivity index (χ2v) is 6.83. The van der Waals surface area contributed by atoms with Crippen LogP contribution >= 0.6 is 0 Å². The van der Waals surface area contributed by atoms with Crippen LogP contribution in [0, 0.1) is 22.7 Å². The molecule has 0 aromatic heterocycles. The van der Waals surface area contributed by atoms with Crippen molar-refractivity contribution in [2.24, 2.45) is 11.3 Å². The highest BCUT2D eigenvalue weighted by atomic mass is 16.6. The van der Waals surface area contributed by atoms with Crippen LogP contribution in [0.1, 0.15) is 26.3 Å². The molecule has 1 aromatic rings. The molecule has 1 aromatic carbocycles. The number of ether oxygens (including phenoxy) is 2. The van der Waals surface area contributed by atoms with Crippen molar-refractivity contribution >= 4 is 17.7 Å². The summed E-state index contributed by atoms with van der Waals surface area (Å²) in [6.45, 7) is 5.84. The van der Waals surface area contributed by atoms with Crippen molar-refractivity contribution in [3.8, 4) is 6.07 Å². The Labute approximate surface area is 134 Å². The number of para-hydroxylation sites is 1. The molecular weight excluding hydrogens is 296 g/mol. The van der Waals surface area contributed by atoms with E-state index in [0.717, 1.165) is 5.56 Å². The molecule has 0 radical (unpaired) electrons. The number of carbonyl (C=O) groups excluding carboxylic acids is 2. The average Bonchev–Trinajstić information content (AvgIpc) is 2.95. The van der Waals surface area contributed by atoms with Gasteiger partial charge in [0.2, 0.25) is 0 Å². The SMILES string of the molecule is COC(=O)N1c2ccccc2C2(C(C)(C)C)C(C#N)C(=O)OC12. The summed E-state index contributed by atoms with van der Waals surface area (Å²) in [6, 6.07) is 9.36. The number of carbonyl (C=O) groups is 2. The van der Waals surface area contributed by atoms with Gasteiger partial charge in [-0.1, -0.05) is 39.0 Å². The lowest BCUT2D eigenvalue weighted by Crippen LogP contribution is -2.54. The third kappa shape index (κ3) is 1.68. The van der Waals surface area contributed by atoms with Crippen molar-refractivity contribution in [3.05, 3.63) is 29.8 Å². The fourth-order valence-electron chi connectivity index (χ4n) is 3.96. The van der Waals surface area contributed by atoms with Gasteiger partial charge in [0.1, 0.15) is 0 Å². The number of rotatable bonds is 0. The molecule has 120 valence electrons. The van der Waals surface area contributed by atoms with Crippen molar-refractivity contribution in [1.82, 2.24) is 0 Å². The monoisotopic (exact) mass is 314 g/mol. The van der Waals surface area contributed by atoms with Gasteiger partial charge in [-0.3, -0.25) is 4.79 Å². The first-order chi connectivity index (χ1) is 10.8. The van der Waals surface area contributed by atoms with Crippen molar-refractivity contribution in [3.63, 3.8) is 0 Å². The number of hydrogen-bond acceptors (Lipinski definition) is 5. The summed E-state index contributed by atoms with van der Waals surface area (Å²) >= 11 is 0. The summed E-state index contributed by atoms with van der Waals surface area (Å²) in [5.41, 5.74) is -0.0560. The zero-order chi connectivity index (χ0) is 17.0. The van der Waals surface area contributed by atoms with E-state index in [1.165, 1.54) is 12.0 Å². The summed E-state index contributed by atoms with van der Waals surface area (Å²) in [5.74, 6) is -1.58. The van der Waals surface area contributed by atoms with Crippen LogP contribution in [-0.4, -0.2) is 25.4 Å². The Kier molecular flexibility index (Phi) is 3.15. The molecule has 0 N–H and O–H groups in total. The van der Waals surface area contributed by atoms with Crippen LogP contribution in [0.4, 0.5) is 10.5 Å². The quantitative estimate of drug-likeness (QED) is 0.688. The standard InChI is InChI=1S/C17H18N2O4/c1-16(2,3)17-10-7-5-6-8-12(10)19(15(21)22-4)14(17)23-13(20)11(17)9-18/h5-8,11,14H,1-4H3. The van der Waals surface area contributed by atoms with Gasteiger partial charge in [-0.25, -0.2) is 9.69 Å². The first kappa shape index (κ1) is 15.3. The number of benzene rings is 1. The Hall–Kier alpha value is -2.55. The van der Waals surface area contributed by atoms with Crippen LogP contribution in [0.3, 0.4) is 0 Å². The zero-order valence-corrected chi connectivity index (χ0v) is 13.5. The summed E-state index contributed by atoms with van der Waals surface area (Å²) in [7, 11) is 1.28. The van der Waals surface area contributed by atoms with E-state index in [1.54, 1.807) is 12.1 Å². The minimum absolute atomic E-state index is 0.497. The van der Waals surface area contributed by atoms with Crippen molar-refractivity contribution in [2.45, 2.75) is 32.4 Å². The first-order valence-electron chi connectivity index (χ1n) is 7.37. The van der Waals surface area contributed by atoms with Gasteiger partial charge in [0.15, 0.2) is 12.1 Å². The summed E-state index contributed by atoms with van der Waals surface area (Å²) in [6.07, 6.45) is -1.50. The minimum atomic E-state index is -0.983. The van der Waals surface area contributed by atoms with E-state index < -0.39 is 35.0 Å². The predicted molar refractivity (Wildman–Crippen MR) is 81.4 cm³/mol. The maximum Gasteiger partial charge on any atom is 0.417 e. The Morgan fingerprint density at radius 2 is 2.04 bits per heavy atom. The highest BCUT2D eigenvalue weighted by Crippen LogP contribution is 2.61. The molecule has 23 heavy (non-hydrogen) atoms. The van der Waals surface area contributed by atoms with Crippen molar-refractivity contribution in [1.29, 1.82) is 5.26 Å². The average molecular weight is 314 g/mol. The van der Waals surface area contributed by atoms with Gasteiger partial charge < -0.3 is 9.47 Å². The lowest BCUT2D eigenvalue weighted by Gasteiger charge is -2.42. The largest absolute Gasteiger partial charge is 0.452 e. The van der Waals surface area contributed by atoms with Gasteiger partial charge in [0.25, 0.3) is 0 Å². The smallest absolute Gasteiger partial charge is 0.417 e. The summed E-state index contributed by atoms with van der Waals surface area (Å²) in [5, 5.41) is 9.63. The van der Waals surface area contributed by atoms with Gasteiger partial charge in [0.05, 0.1) is 24.3 Å². The van der Waals surface area contributed by atoms with Crippen LogP contribution < -0.4 is 4.90 Å². The second kappa shape index (κ2) is 4.72. The highest BCUT2D eigenvalue weighted by Gasteiger charge is 2.71. The Balaban J connectivity index is 2.36. The van der Waals surface area contributed by atoms with E-state index in [0.29, 0.717) is 5.69 Å². The number of nitriles is 1. The molecule has 0 aliphatic carbocycles. The van der Waals surface area contributed by atoms with Gasteiger partial charge in [0, 0.05) is 0 Å². The number of methoxy groups -OCH3 is 1. The lowest BCUT2D eigenvalue weighted by atomic mass is 9.57. The molecule has 6 nitrogen and oxygen atoms in total. The summed E-state index contributed by atoms with van der Waals surface area (Å²) in [4.78, 5) is 26.0. The van der Waals surface area contributed by atoms with Crippen molar-refractivity contribution < 1.29 is 19.1 Å². The second-order valence-electron chi connectivity index (χ2n) is 6.83. The van der Waals surface area contributed by atoms with Gasteiger partial charge in [-0.05, 0) is 17.0 Å². The normalized spacial score (nSPS) is 28.7. The van der Waals surface area contributed by atoms with E-state index in [1.807, 2.05) is 32.9 Å². The number of anilines is 1. The van der Waals surface area contributed by atoms with E-state index in [2.05, 4.69) is 6.07 Å². The molecule has 0 bridgehead atoms. The fourth-order valence-corrected chi connectivity index (χ4v) is 3.96. The van der Waals surface area contributed by atoms with E-state index >= 15 is 0 Å². The van der Waals surface area contributed by atoms with Crippen LogP contribution in [0.25, 0.3) is 0 Å².